The number of piperazine rings is 1. The molecule has 1 N–H and O–H groups in total. The third-order valence-corrected chi connectivity index (χ3v) is 3.59. The van der Waals surface area contributed by atoms with Crippen molar-refractivity contribution in [2.24, 2.45) is 0 Å². The molecule has 5 nitrogen and oxygen atoms in total. The second-order valence-corrected chi connectivity index (χ2v) is 5.13. The minimum absolute atomic E-state index is 0.284. The van der Waals surface area contributed by atoms with Gasteiger partial charge in [0.2, 0.25) is 0 Å². The summed E-state index contributed by atoms with van der Waals surface area (Å²) in [6.07, 6.45) is 4.16. The molecular weight excluding hydrogens is 230 g/mol. The highest BCUT2D eigenvalue weighted by molar-refractivity contribution is 6.35. The van der Waals surface area contributed by atoms with Crippen LogP contribution in [0.1, 0.15) is 32.6 Å². The summed E-state index contributed by atoms with van der Waals surface area (Å²) in [4.78, 5) is 27.9. The number of carbonyl (C=O) groups is 2. The van der Waals surface area contributed by atoms with E-state index in [4.69, 9.17) is 0 Å². The van der Waals surface area contributed by atoms with Gasteiger partial charge in [-0.25, -0.2) is 0 Å². The molecule has 102 valence electrons. The molecule has 0 aromatic carbocycles. The summed E-state index contributed by atoms with van der Waals surface area (Å²) in [5.74, 6) is -0.590. The van der Waals surface area contributed by atoms with Crippen molar-refractivity contribution in [2.75, 3.05) is 32.7 Å². The molecule has 0 radical (unpaired) electrons. The molecule has 0 spiro atoms. The molecule has 5 heteroatoms. The summed E-state index contributed by atoms with van der Waals surface area (Å²) < 4.78 is 0. The van der Waals surface area contributed by atoms with Gasteiger partial charge >= 0.3 is 11.8 Å². The minimum atomic E-state index is -0.306. The van der Waals surface area contributed by atoms with E-state index in [9.17, 15) is 9.59 Å². The van der Waals surface area contributed by atoms with Crippen molar-refractivity contribution < 1.29 is 9.59 Å². The maximum Gasteiger partial charge on any atom is 0.312 e. The van der Waals surface area contributed by atoms with E-state index in [0.717, 1.165) is 45.3 Å². The quantitative estimate of drug-likeness (QED) is 0.729. The monoisotopic (exact) mass is 253 g/mol. The van der Waals surface area contributed by atoms with Gasteiger partial charge in [0.1, 0.15) is 0 Å². The average Bonchev–Trinajstić information content (AvgIpc) is 3.24. The summed E-state index contributed by atoms with van der Waals surface area (Å²) in [5.41, 5.74) is 0. The first-order valence-electron chi connectivity index (χ1n) is 7.04. The Bertz CT molecular complexity index is 309. The van der Waals surface area contributed by atoms with Crippen LogP contribution in [0.15, 0.2) is 0 Å². The van der Waals surface area contributed by atoms with Crippen LogP contribution in [0.3, 0.4) is 0 Å². The van der Waals surface area contributed by atoms with Gasteiger partial charge in [-0.2, -0.15) is 0 Å². The Hall–Kier alpha value is -1.10. The molecule has 1 heterocycles. The van der Waals surface area contributed by atoms with Crippen LogP contribution in [0.2, 0.25) is 0 Å². The number of carbonyl (C=O) groups excluding carboxylic acids is 2. The van der Waals surface area contributed by atoms with Crippen LogP contribution in [-0.4, -0.2) is 60.4 Å². The van der Waals surface area contributed by atoms with Crippen LogP contribution in [0, 0.1) is 0 Å². The van der Waals surface area contributed by atoms with Gasteiger partial charge in [-0.3, -0.25) is 9.59 Å². The van der Waals surface area contributed by atoms with Crippen LogP contribution < -0.4 is 5.32 Å². The number of amides is 2. The van der Waals surface area contributed by atoms with E-state index < -0.39 is 0 Å². The molecule has 2 rings (SSSR count). The zero-order valence-corrected chi connectivity index (χ0v) is 11.2. The Morgan fingerprint density at radius 2 is 1.94 bits per heavy atom. The zero-order chi connectivity index (χ0) is 13.0. The first kappa shape index (κ1) is 13.3. The molecule has 2 aliphatic rings. The number of nitrogens with zero attached hydrogens (tertiary/aromatic N) is 2. The average molecular weight is 253 g/mol. The second kappa shape index (κ2) is 6.18. The van der Waals surface area contributed by atoms with Gasteiger partial charge in [0, 0.05) is 38.8 Å². The fraction of sp³-hybridized carbons (Fsp3) is 0.846. The molecule has 0 unspecified atom stereocenters. The Morgan fingerprint density at radius 3 is 2.50 bits per heavy atom. The maximum absolute atomic E-state index is 12.2. The van der Waals surface area contributed by atoms with Crippen molar-refractivity contribution in [3.05, 3.63) is 0 Å². The Morgan fingerprint density at radius 1 is 1.28 bits per heavy atom. The SMILES string of the molecule is CCCCN(C(=O)C(=O)N1CCNCC1)C1CC1. The van der Waals surface area contributed by atoms with Crippen molar-refractivity contribution in [3.8, 4) is 0 Å². The number of hydrogen-bond acceptors (Lipinski definition) is 3. The summed E-state index contributed by atoms with van der Waals surface area (Å²) in [7, 11) is 0. The van der Waals surface area contributed by atoms with Crippen LogP contribution in [0.5, 0.6) is 0 Å². The second-order valence-electron chi connectivity index (χ2n) is 5.13. The van der Waals surface area contributed by atoms with Gasteiger partial charge in [-0.1, -0.05) is 13.3 Å². The molecule has 1 aliphatic carbocycles. The molecule has 0 bridgehead atoms. The predicted octanol–water partition coefficient (Wildman–Crippen LogP) is 0.209. The van der Waals surface area contributed by atoms with E-state index >= 15 is 0 Å². The smallest absolute Gasteiger partial charge is 0.312 e. The van der Waals surface area contributed by atoms with Crippen molar-refractivity contribution in [2.45, 2.75) is 38.6 Å². The molecule has 2 amide bonds. The van der Waals surface area contributed by atoms with Crippen molar-refractivity contribution in [1.82, 2.24) is 15.1 Å². The van der Waals surface area contributed by atoms with Gasteiger partial charge in [0.05, 0.1) is 0 Å². The Kier molecular flexibility index (Phi) is 4.58. The summed E-state index contributed by atoms with van der Waals surface area (Å²) >= 11 is 0. The Balaban J connectivity index is 1.91. The summed E-state index contributed by atoms with van der Waals surface area (Å²) in [5, 5.41) is 3.19. The molecule has 1 saturated carbocycles. The van der Waals surface area contributed by atoms with E-state index in [0.29, 0.717) is 19.1 Å². The predicted molar refractivity (Wildman–Crippen MR) is 69.1 cm³/mol. The number of nitrogens with one attached hydrogen (secondary N) is 1. The first-order chi connectivity index (χ1) is 8.74. The summed E-state index contributed by atoms with van der Waals surface area (Å²) in [6.45, 7) is 5.72. The van der Waals surface area contributed by atoms with Gasteiger partial charge < -0.3 is 15.1 Å². The zero-order valence-electron chi connectivity index (χ0n) is 11.2. The largest absolute Gasteiger partial charge is 0.332 e. The first-order valence-corrected chi connectivity index (χ1v) is 7.04. The van der Waals surface area contributed by atoms with Gasteiger partial charge in [-0.05, 0) is 19.3 Å². The molecule has 0 aromatic rings. The summed E-state index contributed by atoms with van der Waals surface area (Å²) in [6, 6.07) is 0.330. The fourth-order valence-electron chi connectivity index (χ4n) is 2.29. The van der Waals surface area contributed by atoms with Crippen LogP contribution in [0.25, 0.3) is 0 Å². The van der Waals surface area contributed by atoms with E-state index in [-0.39, 0.29) is 11.8 Å². The lowest BCUT2D eigenvalue weighted by molar-refractivity contribution is -0.152. The maximum atomic E-state index is 12.2. The molecule has 1 saturated heterocycles. The lowest BCUT2D eigenvalue weighted by Crippen LogP contribution is -2.52. The van der Waals surface area contributed by atoms with Gasteiger partial charge in [-0.15, -0.1) is 0 Å². The Labute approximate surface area is 108 Å². The topological polar surface area (TPSA) is 52.7 Å². The molecule has 2 fully saturated rings. The van der Waals surface area contributed by atoms with E-state index in [1.807, 2.05) is 0 Å². The van der Waals surface area contributed by atoms with Crippen molar-refractivity contribution in [1.29, 1.82) is 0 Å². The van der Waals surface area contributed by atoms with Crippen molar-refractivity contribution in [3.63, 3.8) is 0 Å². The van der Waals surface area contributed by atoms with E-state index in [1.54, 1.807) is 9.80 Å². The lowest BCUT2D eigenvalue weighted by atomic mass is 10.2. The van der Waals surface area contributed by atoms with Crippen LogP contribution >= 0.6 is 0 Å². The molecule has 0 aromatic heterocycles. The third kappa shape index (κ3) is 3.22. The molecular formula is C13H23N3O2. The number of unbranched alkanes of at least 4 members (excludes halogenated alkanes) is 1. The highest BCUT2D eigenvalue weighted by atomic mass is 16.2. The molecule has 18 heavy (non-hydrogen) atoms. The lowest BCUT2D eigenvalue weighted by Gasteiger charge is -2.29. The molecule has 1 aliphatic heterocycles. The minimum Gasteiger partial charge on any atom is -0.332 e. The number of hydrogen-bond donors (Lipinski definition) is 1. The fourth-order valence-corrected chi connectivity index (χ4v) is 2.29. The van der Waals surface area contributed by atoms with Gasteiger partial charge in [0.15, 0.2) is 0 Å². The van der Waals surface area contributed by atoms with Crippen molar-refractivity contribution >= 4 is 11.8 Å². The third-order valence-electron chi connectivity index (χ3n) is 3.59. The molecule has 0 atom stereocenters. The van der Waals surface area contributed by atoms with Crippen LogP contribution in [0.4, 0.5) is 0 Å². The van der Waals surface area contributed by atoms with E-state index in [2.05, 4.69) is 12.2 Å². The normalized spacial score (nSPS) is 19.7. The highest BCUT2D eigenvalue weighted by Gasteiger charge is 2.36. The standard InChI is InChI=1S/C13H23N3O2/c1-2-3-8-16(11-4-5-11)13(18)12(17)15-9-6-14-7-10-15/h11,14H,2-10H2,1H3. The van der Waals surface area contributed by atoms with E-state index in [1.165, 1.54) is 0 Å². The van der Waals surface area contributed by atoms with Gasteiger partial charge in [0.25, 0.3) is 0 Å². The van der Waals surface area contributed by atoms with Crippen LogP contribution in [-0.2, 0) is 9.59 Å². The highest BCUT2D eigenvalue weighted by Crippen LogP contribution is 2.27. The number of rotatable bonds is 4.